The number of anilines is 1. The lowest BCUT2D eigenvalue weighted by molar-refractivity contribution is -0.136. The molecular weight excluding hydrogens is 317 g/mol. The van der Waals surface area contributed by atoms with Gasteiger partial charge in [0.15, 0.2) is 0 Å². The maximum absolute atomic E-state index is 11.6. The molecule has 0 saturated heterocycles. The molecule has 2 N–H and O–H groups in total. The van der Waals surface area contributed by atoms with Crippen molar-refractivity contribution in [2.75, 3.05) is 5.32 Å². The summed E-state index contributed by atoms with van der Waals surface area (Å²) in [4.78, 5) is 23.1. The van der Waals surface area contributed by atoms with Crippen LogP contribution in [0.5, 0.6) is 0 Å². The maximum Gasteiger partial charge on any atom is 0.329 e. The van der Waals surface area contributed by atoms with Crippen molar-refractivity contribution in [3.05, 3.63) is 52.4 Å². The number of rotatable bonds is 3. The van der Waals surface area contributed by atoms with E-state index in [9.17, 15) is 9.59 Å². The summed E-state index contributed by atoms with van der Waals surface area (Å²) >= 11 is 11.5. The van der Waals surface area contributed by atoms with E-state index in [0.29, 0.717) is 16.5 Å². The molecule has 108 valence electrons. The fraction of sp³-hybridized carbons (Fsp3) is 0. The van der Waals surface area contributed by atoms with E-state index in [0.717, 1.165) is 0 Å². The third-order valence-electron chi connectivity index (χ3n) is 2.28. The summed E-state index contributed by atoms with van der Waals surface area (Å²) in [7, 11) is 0. The first-order valence-corrected chi connectivity index (χ1v) is 6.45. The summed E-state index contributed by atoms with van der Waals surface area (Å²) in [6, 6.07) is 7.77. The monoisotopic (exact) mass is 325 g/mol. The molecule has 0 aliphatic heterocycles. The Morgan fingerprint density at radius 1 is 1.14 bits per heavy atom. The van der Waals surface area contributed by atoms with E-state index < -0.39 is 11.8 Å². The second-order valence-electron chi connectivity index (χ2n) is 3.80. The Kier molecular flexibility index (Phi) is 4.97. The van der Waals surface area contributed by atoms with Gasteiger partial charge in [0.1, 0.15) is 5.76 Å². The number of hydrogen-bond acceptors (Lipinski definition) is 4. The van der Waals surface area contributed by atoms with Gasteiger partial charge in [-0.25, -0.2) is 5.43 Å². The van der Waals surface area contributed by atoms with E-state index in [1.165, 1.54) is 30.7 Å². The number of carbonyl (C=O) groups excluding carboxylic acids is 2. The average molecular weight is 326 g/mol. The van der Waals surface area contributed by atoms with Crippen LogP contribution in [0.15, 0.2) is 46.1 Å². The number of hydrogen-bond donors (Lipinski definition) is 2. The van der Waals surface area contributed by atoms with Crippen LogP contribution >= 0.6 is 23.2 Å². The summed E-state index contributed by atoms with van der Waals surface area (Å²) in [5.74, 6) is -1.37. The van der Waals surface area contributed by atoms with Gasteiger partial charge in [-0.1, -0.05) is 23.2 Å². The molecule has 0 bridgehead atoms. The van der Waals surface area contributed by atoms with Crippen LogP contribution in [0.3, 0.4) is 0 Å². The van der Waals surface area contributed by atoms with Crippen LogP contribution in [0, 0.1) is 0 Å². The molecule has 2 rings (SSSR count). The zero-order chi connectivity index (χ0) is 15.2. The van der Waals surface area contributed by atoms with Crippen molar-refractivity contribution in [1.29, 1.82) is 0 Å². The number of hydrazone groups is 1. The first kappa shape index (κ1) is 15.1. The minimum Gasteiger partial charge on any atom is -0.463 e. The number of benzene rings is 1. The van der Waals surface area contributed by atoms with Crippen molar-refractivity contribution in [3.63, 3.8) is 0 Å². The van der Waals surface area contributed by atoms with Crippen molar-refractivity contribution >= 4 is 46.9 Å². The number of amides is 2. The lowest BCUT2D eigenvalue weighted by Gasteiger charge is -2.04. The molecule has 1 aromatic heterocycles. The first-order valence-electron chi connectivity index (χ1n) is 5.69. The minimum absolute atomic E-state index is 0.269. The number of nitrogens with zero attached hydrogens (tertiary/aromatic N) is 1. The van der Waals surface area contributed by atoms with Gasteiger partial charge in [-0.15, -0.1) is 0 Å². The molecule has 6 nitrogen and oxygen atoms in total. The van der Waals surface area contributed by atoms with Crippen LogP contribution in [-0.2, 0) is 9.59 Å². The van der Waals surface area contributed by atoms with Gasteiger partial charge in [0.25, 0.3) is 0 Å². The van der Waals surface area contributed by atoms with E-state index >= 15 is 0 Å². The van der Waals surface area contributed by atoms with Gasteiger partial charge >= 0.3 is 11.8 Å². The highest BCUT2D eigenvalue weighted by Gasteiger charge is 2.13. The lowest BCUT2D eigenvalue weighted by Crippen LogP contribution is -2.32. The zero-order valence-corrected chi connectivity index (χ0v) is 12.0. The van der Waals surface area contributed by atoms with Gasteiger partial charge in [-0.2, -0.15) is 5.10 Å². The van der Waals surface area contributed by atoms with E-state index in [1.807, 2.05) is 0 Å². The Morgan fingerprint density at radius 2 is 1.95 bits per heavy atom. The number of furan rings is 1. The van der Waals surface area contributed by atoms with Gasteiger partial charge in [0.05, 0.1) is 22.5 Å². The lowest BCUT2D eigenvalue weighted by atomic mass is 10.3. The topological polar surface area (TPSA) is 83.7 Å². The van der Waals surface area contributed by atoms with Crippen molar-refractivity contribution in [2.24, 2.45) is 5.10 Å². The molecule has 0 aliphatic carbocycles. The highest BCUT2D eigenvalue weighted by Crippen LogP contribution is 2.24. The van der Waals surface area contributed by atoms with Crippen molar-refractivity contribution in [3.8, 4) is 0 Å². The fourth-order valence-electron chi connectivity index (χ4n) is 1.33. The summed E-state index contributed by atoms with van der Waals surface area (Å²) in [6.07, 6.45) is 2.73. The highest BCUT2D eigenvalue weighted by atomic mass is 35.5. The Morgan fingerprint density at radius 3 is 2.62 bits per heavy atom. The second kappa shape index (κ2) is 6.92. The molecule has 1 aromatic carbocycles. The van der Waals surface area contributed by atoms with Crippen LogP contribution in [0.4, 0.5) is 5.69 Å². The molecule has 0 atom stereocenters. The average Bonchev–Trinajstić information content (AvgIpc) is 2.96. The third kappa shape index (κ3) is 4.34. The SMILES string of the molecule is O=C(N/N=C\c1ccco1)C(=O)Nc1ccc(Cl)c(Cl)c1. The molecule has 0 unspecified atom stereocenters. The molecule has 0 spiro atoms. The van der Waals surface area contributed by atoms with Crippen LogP contribution in [0.1, 0.15) is 5.76 Å². The number of nitrogens with one attached hydrogen (secondary N) is 2. The molecule has 0 radical (unpaired) electrons. The largest absolute Gasteiger partial charge is 0.463 e. The molecule has 1 heterocycles. The smallest absolute Gasteiger partial charge is 0.329 e. The normalized spacial score (nSPS) is 10.6. The van der Waals surface area contributed by atoms with Crippen LogP contribution in [0.25, 0.3) is 0 Å². The Labute approximate surface area is 129 Å². The molecular formula is C13H9Cl2N3O3. The molecule has 0 aliphatic rings. The fourth-order valence-corrected chi connectivity index (χ4v) is 1.63. The Balaban J connectivity index is 1.90. The van der Waals surface area contributed by atoms with Crippen LogP contribution in [-0.4, -0.2) is 18.0 Å². The second-order valence-corrected chi connectivity index (χ2v) is 4.61. The highest BCUT2D eigenvalue weighted by molar-refractivity contribution is 6.42. The standard InChI is InChI=1S/C13H9Cl2N3O3/c14-10-4-3-8(6-11(10)15)17-12(19)13(20)18-16-7-9-2-1-5-21-9/h1-7H,(H,17,19)(H,18,20)/b16-7-. The molecule has 21 heavy (non-hydrogen) atoms. The van der Waals surface area contributed by atoms with E-state index in [2.05, 4.69) is 15.8 Å². The maximum atomic E-state index is 11.6. The van der Waals surface area contributed by atoms with Crippen LogP contribution < -0.4 is 10.7 Å². The van der Waals surface area contributed by atoms with Crippen molar-refractivity contribution in [2.45, 2.75) is 0 Å². The van der Waals surface area contributed by atoms with E-state index in [4.69, 9.17) is 27.6 Å². The van der Waals surface area contributed by atoms with Gasteiger partial charge in [0.2, 0.25) is 0 Å². The molecule has 2 aromatic rings. The molecule has 2 amide bonds. The zero-order valence-electron chi connectivity index (χ0n) is 10.5. The summed E-state index contributed by atoms with van der Waals surface area (Å²) in [5, 5.41) is 6.56. The van der Waals surface area contributed by atoms with Crippen molar-refractivity contribution in [1.82, 2.24) is 5.43 Å². The molecule has 0 saturated carbocycles. The van der Waals surface area contributed by atoms with Gasteiger partial charge < -0.3 is 9.73 Å². The predicted octanol–water partition coefficient (Wildman–Crippen LogP) is 2.68. The summed E-state index contributed by atoms with van der Waals surface area (Å²) in [6.45, 7) is 0. The molecule has 8 heteroatoms. The quantitative estimate of drug-likeness (QED) is 0.517. The van der Waals surface area contributed by atoms with Gasteiger partial charge in [-0.05, 0) is 30.3 Å². The van der Waals surface area contributed by atoms with Crippen LogP contribution in [0.2, 0.25) is 10.0 Å². The van der Waals surface area contributed by atoms with E-state index in [-0.39, 0.29) is 5.02 Å². The Bertz CT molecular complexity index is 684. The summed E-state index contributed by atoms with van der Waals surface area (Å²) in [5.41, 5.74) is 2.41. The third-order valence-corrected chi connectivity index (χ3v) is 3.02. The number of halogens is 2. The van der Waals surface area contributed by atoms with Gasteiger partial charge in [0, 0.05) is 5.69 Å². The number of carbonyl (C=O) groups is 2. The van der Waals surface area contributed by atoms with E-state index in [1.54, 1.807) is 12.1 Å². The van der Waals surface area contributed by atoms with Gasteiger partial charge in [-0.3, -0.25) is 9.59 Å². The summed E-state index contributed by atoms with van der Waals surface area (Å²) < 4.78 is 4.97. The Hall–Kier alpha value is -2.31. The minimum atomic E-state index is -0.927. The first-order chi connectivity index (χ1) is 10.1. The van der Waals surface area contributed by atoms with Crippen molar-refractivity contribution < 1.29 is 14.0 Å². The molecule has 0 fully saturated rings. The predicted molar refractivity (Wildman–Crippen MR) is 79.5 cm³/mol.